The molecule has 2 rings (SSSR count). The summed E-state index contributed by atoms with van der Waals surface area (Å²) in [4.78, 5) is 0.395. The van der Waals surface area contributed by atoms with Crippen LogP contribution in [-0.4, -0.2) is 38.4 Å². The number of hydrogen-bond donors (Lipinski definition) is 1. The Morgan fingerprint density at radius 2 is 2.12 bits per heavy atom. The normalized spacial score (nSPS) is 17.1. The number of likely N-dealkylation sites (N-methyl/N-ethyl adjacent to an activating group) is 1. The molecule has 1 saturated heterocycles. The largest absolute Gasteiger partial charge is 0.313 e. The molecule has 94 valence electrons. The fourth-order valence-electron chi connectivity index (χ4n) is 2.01. The SMILES string of the molecule is CCN(C1CNC1)S(=O)(=O)c1cccc(C)c1. The molecule has 1 N–H and O–H groups in total. The highest BCUT2D eigenvalue weighted by Crippen LogP contribution is 2.20. The summed E-state index contributed by atoms with van der Waals surface area (Å²) in [6.45, 7) is 5.80. The van der Waals surface area contributed by atoms with Gasteiger partial charge in [0, 0.05) is 25.7 Å². The van der Waals surface area contributed by atoms with E-state index in [-0.39, 0.29) is 6.04 Å². The number of nitrogens with one attached hydrogen (secondary N) is 1. The lowest BCUT2D eigenvalue weighted by molar-refractivity contribution is 0.249. The molecule has 0 radical (unpaired) electrons. The average molecular weight is 254 g/mol. The van der Waals surface area contributed by atoms with E-state index in [1.54, 1.807) is 22.5 Å². The van der Waals surface area contributed by atoms with E-state index in [1.807, 2.05) is 19.9 Å². The standard InChI is InChI=1S/C12H18N2O2S/c1-3-14(11-8-13-9-11)17(15,16)12-6-4-5-10(2)7-12/h4-7,11,13H,3,8-9H2,1-2H3. The van der Waals surface area contributed by atoms with Crippen molar-refractivity contribution in [1.82, 2.24) is 9.62 Å². The van der Waals surface area contributed by atoms with E-state index >= 15 is 0 Å². The molecule has 17 heavy (non-hydrogen) atoms. The van der Waals surface area contributed by atoms with Crippen LogP contribution in [0.1, 0.15) is 12.5 Å². The fourth-order valence-corrected chi connectivity index (χ4v) is 3.75. The molecule has 0 amide bonds. The molecule has 1 fully saturated rings. The predicted molar refractivity (Wildman–Crippen MR) is 67.4 cm³/mol. The Hall–Kier alpha value is -0.910. The zero-order chi connectivity index (χ0) is 12.5. The second kappa shape index (κ2) is 4.76. The molecule has 4 nitrogen and oxygen atoms in total. The number of rotatable bonds is 4. The van der Waals surface area contributed by atoms with Gasteiger partial charge in [0.1, 0.15) is 0 Å². The summed E-state index contributed by atoms with van der Waals surface area (Å²) < 4.78 is 26.5. The van der Waals surface area contributed by atoms with Crippen LogP contribution in [0.15, 0.2) is 29.2 Å². The molecule has 0 aliphatic carbocycles. The maximum atomic E-state index is 12.4. The minimum atomic E-state index is -3.34. The van der Waals surface area contributed by atoms with E-state index in [4.69, 9.17) is 0 Å². The van der Waals surface area contributed by atoms with E-state index in [2.05, 4.69) is 5.32 Å². The summed E-state index contributed by atoms with van der Waals surface area (Å²) in [5.74, 6) is 0. The van der Waals surface area contributed by atoms with Gasteiger partial charge in [-0.15, -0.1) is 0 Å². The average Bonchev–Trinajstić information content (AvgIpc) is 2.22. The molecule has 0 bridgehead atoms. The third-order valence-electron chi connectivity index (χ3n) is 3.07. The Morgan fingerprint density at radius 1 is 1.41 bits per heavy atom. The topological polar surface area (TPSA) is 49.4 Å². The Bertz CT molecular complexity index is 495. The highest BCUT2D eigenvalue weighted by Gasteiger charge is 2.33. The number of hydrogen-bond acceptors (Lipinski definition) is 3. The Balaban J connectivity index is 2.34. The second-order valence-electron chi connectivity index (χ2n) is 4.34. The van der Waals surface area contributed by atoms with Gasteiger partial charge in [-0.2, -0.15) is 4.31 Å². The molecule has 0 atom stereocenters. The van der Waals surface area contributed by atoms with Crippen molar-refractivity contribution in [3.63, 3.8) is 0 Å². The Morgan fingerprint density at radius 3 is 2.59 bits per heavy atom. The summed E-state index contributed by atoms with van der Waals surface area (Å²) in [5.41, 5.74) is 0.967. The molecule has 1 aromatic rings. The highest BCUT2D eigenvalue weighted by atomic mass is 32.2. The van der Waals surface area contributed by atoms with Gasteiger partial charge in [-0.25, -0.2) is 8.42 Å². The molecular formula is C12H18N2O2S. The van der Waals surface area contributed by atoms with Crippen molar-refractivity contribution in [2.24, 2.45) is 0 Å². The first-order valence-corrected chi connectivity index (χ1v) is 7.29. The van der Waals surface area contributed by atoms with Crippen LogP contribution in [0.3, 0.4) is 0 Å². The molecule has 0 unspecified atom stereocenters. The van der Waals surface area contributed by atoms with Gasteiger partial charge in [-0.3, -0.25) is 0 Å². The van der Waals surface area contributed by atoms with Crippen molar-refractivity contribution < 1.29 is 8.42 Å². The van der Waals surface area contributed by atoms with E-state index < -0.39 is 10.0 Å². The van der Waals surface area contributed by atoms with E-state index in [0.717, 1.165) is 18.7 Å². The summed E-state index contributed by atoms with van der Waals surface area (Å²) in [6.07, 6.45) is 0. The number of nitrogens with zero attached hydrogens (tertiary/aromatic N) is 1. The van der Waals surface area contributed by atoms with E-state index in [9.17, 15) is 8.42 Å². The molecule has 0 aromatic heterocycles. The van der Waals surface area contributed by atoms with Crippen molar-refractivity contribution >= 4 is 10.0 Å². The smallest absolute Gasteiger partial charge is 0.243 e. The zero-order valence-corrected chi connectivity index (χ0v) is 11.0. The second-order valence-corrected chi connectivity index (χ2v) is 6.23. The molecule has 0 spiro atoms. The van der Waals surface area contributed by atoms with Crippen LogP contribution >= 0.6 is 0 Å². The minimum Gasteiger partial charge on any atom is -0.313 e. The third-order valence-corrected chi connectivity index (χ3v) is 5.10. The van der Waals surface area contributed by atoms with Crippen molar-refractivity contribution in [3.05, 3.63) is 29.8 Å². The number of benzene rings is 1. The molecule has 1 aliphatic heterocycles. The fraction of sp³-hybridized carbons (Fsp3) is 0.500. The molecule has 1 aromatic carbocycles. The van der Waals surface area contributed by atoms with Gasteiger partial charge in [0.05, 0.1) is 4.90 Å². The van der Waals surface area contributed by atoms with Crippen molar-refractivity contribution in [2.45, 2.75) is 24.8 Å². The zero-order valence-electron chi connectivity index (χ0n) is 10.2. The summed E-state index contributed by atoms with van der Waals surface area (Å²) in [7, 11) is -3.34. The van der Waals surface area contributed by atoms with Crippen LogP contribution < -0.4 is 5.32 Å². The van der Waals surface area contributed by atoms with Gasteiger partial charge in [-0.05, 0) is 24.6 Å². The van der Waals surface area contributed by atoms with Gasteiger partial charge in [0.2, 0.25) is 10.0 Å². The van der Waals surface area contributed by atoms with Gasteiger partial charge < -0.3 is 5.32 Å². The lowest BCUT2D eigenvalue weighted by Gasteiger charge is -2.36. The van der Waals surface area contributed by atoms with Crippen LogP contribution in [-0.2, 0) is 10.0 Å². The first kappa shape index (κ1) is 12.5. The summed E-state index contributed by atoms with van der Waals surface area (Å²) >= 11 is 0. The highest BCUT2D eigenvalue weighted by molar-refractivity contribution is 7.89. The van der Waals surface area contributed by atoms with Crippen molar-refractivity contribution in [1.29, 1.82) is 0 Å². The van der Waals surface area contributed by atoms with Crippen molar-refractivity contribution in [2.75, 3.05) is 19.6 Å². The molecular weight excluding hydrogens is 236 g/mol. The maximum absolute atomic E-state index is 12.4. The van der Waals surface area contributed by atoms with E-state index in [1.165, 1.54) is 0 Å². The third kappa shape index (κ3) is 2.36. The molecule has 0 saturated carbocycles. The van der Waals surface area contributed by atoms with Crippen LogP contribution in [0.25, 0.3) is 0 Å². The monoisotopic (exact) mass is 254 g/mol. The molecule has 5 heteroatoms. The number of aryl methyl sites for hydroxylation is 1. The quantitative estimate of drug-likeness (QED) is 0.871. The number of sulfonamides is 1. The van der Waals surface area contributed by atoms with E-state index in [0.29, 0.717) is 11.4 Å². The van der Waals surface area contributed by atoms with Crippen LogP contribution in [0.2, 0.25) is 0 Å². The van der Waals surface area contributed by atoms with Gasteiger partial charge in [0.25, 0.3) is 0 Å². The van der Waals surface area contributed by atoms with Crippen LogP contribution in [0, 0.1) is 6.92 Å². The van der Waals surface area contributed by atoms with Gasteiger partial charge in [-0.1, -0.05) is 19.1 Å². The van der Waals surface area contributed by atoms with Crippen LogP contribution in [0.5, 0.6) is 0 Å². The van der Waals surface area contributed by atoms with Crippen molar-refractivity contribution in [3.8, 4) is 0 Å². The van der Waals surface area contributed by atoms with Gasteiger partial charge in [0.15, 0.2) is 0 Å². The lowest BCUT2D eigenvalue weighted by atomic mass is 10.2. The lowest BCUT2D eigenvalue weighted by Crippen LogP contribution is -2.58. The maximum Gasteiger partial charge on any atom is 0.243 e. The van der Waals surface area contributed by atoms with Crippen LogP contribution in [0.4, 0.5) is 0 Å². The molecule has 1 aliphatic rings. The Kier molecular flexibility index (Phi) is 3.51. The first-order valence-electron chi connectivity index (χ1n) is 5.85. The molecule has 1 heterocycles. The predicted octanol–water partition coefficient (Wildman–Crippen LogP) is 0.977. The summed E-state index contributed by atoms with van der Waals surface area (Å²) in [5, 5.41) is 3.10. The summed E-state index contributed by atoms with van der Waals surface area (Å²) in [6, 6.07) is 7.18. The first-order chi connectivity index (χ1) is 8.05. The van der Waals surface area contributed by atoms with Gasteiger partial charge >= 0.3 is 0 Å². The minimum absolute atomic E-state index is 0.102. The Labute approximate surface area is 103 Å².